The number of nitrogens with one attached hydrogen (secondary N) is 1. The molecule has 1 amide bonds. The number of amides is 1. The molecule has 2 aromatic heterocycles. The molecule has 7 nitrogen and oxygen atoms in total. The fraction of sp³-hybridized carbons (Fsp3) is 0.176. The van der Waals surface area contributed by atoms with Crippen LogP contribution in [0.2, 0.25) is 0 Å². The lowest BCUT2D eigenvalue weighted by atomic mass is 10.1. The van der Waals surface area contributed by atoms with E-state index >= 15 is 0 Å². The Morgan fingerprint density at radius 1 is 1.25 bits per heavy atom. The molecule has 1 N–H and O–H groups in total. The average Bonchev–Trinajstić information content (AvgIpc) is 3.04. The normalized spacial score (nSPS) is 10.8. The second-order valence-electron chi connectivity index (χ2n) is 5.36. The summed E-state index contributed by atoms with van der Waals surface area (Å²) in [5, 5.41) is 6.74. The van der Waals surface area contributed by atoms with Gasteiger partial charge in [-0.1, -0.05) is 35.5 Å². The van der Waals surface area contributed by atoms with E-state index in [0.717, 1.165) is 11.3 Å². The highest BCUT2D eigenvalue weighted by atomic mass is 16.5. The lowest BCUT2D eigenvalue weighted by Gasteiger charge is -2.14. The molecule has 0 aliphatic heterocycles. The standard InChI is InChI=1S/C17H17N5O2/c1-22(12-17(23)20-16-10-18-7-8-19-16)11-14-9-15(24-21-14)13-5-3-2-4-6-13/h2-10H,11-12H2,1H3,(H,19,20,23). The topological polar surface area (TPSA) is 84.2 Å². The summed E-state index contributed by atoms with van der Waals surface area (Å²) in [5.41, 5.74) is 1.74. The molecule has 0 saturated carbocycles. The Bertz CT molecular complexity index is 789. The van der Waals surface area contributed by atoms with Crippen LogP contribution < -0.4 is 5.32 Å². The van der Waals surface area contributed by atoms with Gasteiger partial charge in [-0.25, -0.2) is 4.98 Å². The zero-order valence-corrected chi connectivity index (χ0v) is 13.2. The van der Waals surface area contributed by atoms with Gasteiger partial charge in [-0.3, -0.25) is 14.7 Å². The van der Waals surface area contributed by atoms with Crippen molar-refractivity contribution in [2.24, 2.45) is 0 Å². The van der Waals surface area contributed by atoms with Gasteiger partial charge >= 0.3 is 0 Å². The van der Waals surface area contributed by atoms with Gasteiger partial charge < -0.3 is 9.84 Å². The molecule has 7 heteroatoms. The van der Waals surface area contributed by atoms with Crippen molar-refractivity contribution in [2.75, 3.05) is 18.9 Å². The first-order valence-electron chi connectivity index (χ1n) is 7.46. The molecular formula is C17H17N5O2. The summed E-state index contributed by atoms with van der Waals surface area (Å²) < 4.78 is 5.36. The van der Waals surface area contributed by atoms with Gasteiger partial charge in [-0.15, -0.1) is 0 Å². The number of rotatable bonds is 6. The summed E-state index contributed by atoms with van der Waals surface area (Å²) in [6.45, 7) is 0.717. The molecule has 0 fully saturated rings. The number of hydrogen-bond donors (Lipinski definition) is 1. The van der Waals surface area contributed by atoms with Gasteiger partial charge in [0.25, 0.3) is 0 Å². The van der Waals surface area contributed by atoms with E-state index in [1.54, 1.807) is 6.20 Å². The third-order valence-corrected chi connectivity index (χ3v) is 3.29. The van der Waals surface area contributed by atoms with E-state index in [1.165, 1.54) is 12.4 Å². The summed E-state index contributed by atoms with van der Waals surface area (Å²) in [7, 11) is 1.84. The lowest BCUT2D eigenvalue weighted by molar-refractivity contribution is -0.117. The lowest BCUT2D eigenvalue weighted by Crippen LogP contribution is -2.30. The largest absolute Gasteiger partial charge is 0.356 e. The molecule has 3 aromatic rings. The highest BCUT2D eigenvalue weighted by Gasteiger charge is 2.12. The Morgan fingerprint density at radius 3 is 2.83 bits per heavy atom. The number of aromatic nitrogens is 3. The number of anilines is 1. The maximum Gasteiger partial charge on any atom is 0.239 e. The second kappa shape index (κ2) is 7.47. The van der Waals surface area contributed by atoms with Crippen LogP contribution >= 0.6 is 0 Å². The van der Waals surface area contributed by atoms with Crippen LogP contribution in [0.5, 0.6) is 0 Å². The van der Waals surface area contributed by atoms with Crippen LogP contribution in [0.15, 0.2) is 59.5 Å². The summed E-state index contributed by atoms with van der Waals surface area (Å²) >= 11 is 0. The number of likely N-dealkylation sites (N-methyl/N-ethyl adjacent to an activating group) is 1. The van der Waals surface area contributed by atoms with Gasteiger partial charge in [-0.2, -0.15) is 0 Å². The average molecular weight is 323 g/mol. The van der Waals surface area contributed by atoms with Crippen molar-refractivity contribution in [3.63, 3.8) is 0 Å². The minimum atomic E-state index is -0.162. The first kappa shape index (κ1) is 15.8. The molecule has 0 aliphatic rings. The molecule has 0 radical (unpaired) electrons. The number of hydrogen-bond acceptors (Lipinski definition) is 6. The van der Waals surface area contributed by atoms with E-state index in [1.807, 2.05) is 48.3 Å². The van der Waals surface area contributed by atoms with Crippen molar-refractivity contribution >= 4 is 11.7 Å². The maximum absolute atomic E-state index is 12.0. The number of carbonyl (C=O) groups excluding carboxylic acids is 1. The summed E-state index contributed by atoms with van der Waals surface area (Å²) in [5.74, 6) is 0.983. The van der Waals surface area contributed by atoms with Crippen molar-refractivity contribution in [2.45, 2.75) is 6.54 Å². The Morgan fingerprint density at radius 2 is 2.08 bits per heavy atom. The van der Waals surface area contributed by atoms with Crippen LogP contribution in [0, 0.1) is 0 Å². The van der Waals surface area contributed by atoms with Crippen LogP contribution in [-0.4, -0.2) is 39.5 Å². The van der Waals surface area contributed by atoms with Gasteiger partial charge in [-0.05, 0) is 7.05 Å². The van der Waals surface area contributed by atoms with Crippen LogP contribution in [0.4, 0.5) is 5.82 Å². The van der Waals surface area contributed by atoms with Crippen molar-refractivity contribution in [3.05, 3.63) is 60.7 Å². The van der Waals surface area contributed by atoms with Crippen LogP contribution in [0.25, 0.3) is 11.3 Å². The molecule has 24 heavy (non-hydrogen) atoms. The number of carbonyl (C=O) groups is 1. The van der Waals surface area contributed by atoms with Crippen molar-refractivity contribution < 1.29 is 9.32 Å². The molecule has 0 saturated heterocycles. The van der Waals surface area contributed by atoms with Crippen LogP contribution in [-0.2, 0) is 11.3 Å². The second-order valence-corrected chi connectivity index (χ2v) is 5.36. The van der Waals surface area contributed by atoms with E-state index in [4.69, 9.17) is 4.52 Å². The zero-order valence-electron chi connectivity index (χ0n) is 13.2. The molecule has 0 bridgehead atoms. The monoisotopic (exact) mass is 323 g/mol. The van der Waals surface area contributed by atoms with E-state index < -0.39 is 0 Å². The van der Waals surface area contributed by atoms with Crippen LogP contribution in [0.1, 0.15) is 5.69 Å². The SMILES string of the molecule is CN(CC(=O)Nc1cnccn1)Cc1cc(-c2ccccc2)on1. The maximum atomic E-state index is 12.0. The fourth-order valence-electron chi connectivity index (χ4n) is 2.25. The number of nitrogens with zero attached hydrogens (tertiary/aromatic N) is 4. The predicted octanol–water partition coefficient (Wildman–Crippen LogP) is 2.20. The minimum absolute atomic E-state index is 0.162. The highest BCUT2D eigenvalue weighted by molar-refractivity contribution is 5.91. The smallest absolute Gasteiger partial charge is 0.239 e. The molecular weight excluding hydrogens is 306 g/mol. The molecule has 1 aromatic carbocycles. The van der Waals surface area contributed by atoms with Crippen LogP contribution in [0.3, 0.4) is 0 Å². The Labute approximate surface area is 139 Å². The Balaban J connectivity index is 1.54. The quantitative estimate of drug-likeness (QED) is 0.748. The van der Waals surface area contributed by atoms with Crippen molar-refractivity contribution in [3.8, 4) is 11.3 Å². The van der Waals surface area contributed by atoms with Gasteiger partial charge in [0.1, 0.15) is 0 Å². The van der Waals surface area contributed by atoms with E-state index in [-0.39, 0.29) is 12.5 Å². The highest BCUT2D eigenvalue weighted by Crippen LogP contribution is 2.20. The van der Waals surface area contributed by atoms with E-state index in [2.05, 4.69) is 20.4 Å². The van der Waals surface area contributed by atoms with Crippen molar-refractivity contribution in [1.82, 2.24) is 20.0 Å². The predicted molar refractivity (Wildman–Crippen MR) is 88.9 cm³/mol. The third kappa shape index (κ3) is 4.23. The van der Waals surface area contributed by atoms with Gasteiger partial charge in [0.15, 0.2) is 11.6 Å². The fourth-order valence-corrected chi connectivity index (χ4v) is 2.25. The zero-order chi connectivity index (χ0) is 16.8. The molecule has 0 atom stereocenters. The van der Waals surface area contributed by atoms with Crippen molar-refractivity contribution in [1.29, 1.82) is 0 Å². The first-order valence-corrected chi connectivity index (χ1v) is 7.46. The third-order valence-electron chi connectivity index (χ3n) is 3.29. The Hall–Kier alpha value is -3.06. The molecule has 3 rings (SSSR count). The van der Waals surface area contributed by atoms with E-state index in [9.17, 15) is 4.79 Å². The number of benzene rings is 1. The minimum Gasteiger partial charge on any atom is -0.356 e. The van der Waals surface area contributed by atoms with Gasteiger partial charge in [0, 0.05) is 30.6 Å². The molecule has 122 valence electrons. The molecule has 0 aliphatic carbocycles. The summed E-state index contributed by atoms with van der Waals surface area (Å²) in [4.78, 5) is 21.7. The van der Waals surface area contributed by atoms with Gasteiger partial charge in [0.05, 0.1) is 18.4 Å². The molecule has 2 heterocycles. The van der Waals surface area contributed by atoms with Gasteiger partial charge in [0.2, 0.25) is 5.91 Å². The Kier molecular flexibility index (Phi) is 4.93. The summed E-state index contributed by atoms with van der Waals surface area (Å²) in [6, 6.07) is 11.6. The molecule has 0 unspecified atom stereocenters. The summed E-state index contributed by atoms with van der Waals surface area (Å²) in [6.07, 6.45) is 4.58. The first-order chi connectivity index (χ1) is 11.7. The molecule has 0 spiro atoms. The van der Waals surface area contributed by atoms with E-state index in [0.29, 0.717) is 18.1 Å².